The van der Waals surface area contributed by atoms with Crippen LogP contribution in [0.25, 0.3) is 0 Å². The lowest BCUT2D eigenvalue weighted by Crippen LogP contribution is -2.22. The van der Waals surface area contributed by atoms with Gasteiger partial charge < -0.3 is 5.32 Å². The lowest BCUT2D eigenvalue weighted by Gasteiger charge is -2.17. The number of benzene rings is 1. The van der Waals surface area contributed by atoms with Gasteiger partial charge in [0.05, 0.1) is 5.02 Å². The molecule has 0 bridgehead atoms. The number of hydrogen-bond donors (Lipinski definition) is 1. The molecule has 1 aromatic rings. The number of nitrogens with one attached hydrogen (secondary N) is 1. The predicted octanol–water partition coefficient (Wildman–Crippen LogP) is 3.90. The van der Waals surface area contributed by atoms with Crippen molar-refractivity contribution in [1.82, 2.24) is 5.32 Å². The molecule has 16 heavy (non-hydrogen) atoms. The number of hydrogen-bond acceptors (Lipinski definition) is 2. The van der Waals surface area contributed by atoms with Gasteiger partial charge in [0.1, 0.15) is 5.82 Å². The zero-order valence-corrected chi connectivity index (χ0v) is 10.9. The molecule has 5 heteroatoms. The Kier molecular flexibility index (Phi) is 4.36. The van der Waals surface area contributed by atoms with E-state index in [1.807, 2.05) is 11.8 Å². The average Bonchev–Trinajstić information content (AvgIpc) is 2.52. The zero-order valence-electron chi connectivity index (χ0n) is 8.60. The van der Waals surface area contributed by atoms with Crippen molar-refractivity contribution in [3.8, 4) is 0 Å². The van der Waals surface area contributed by atoms with Crippen molar-refractivity contribution in [2.45, 2.75) is 12.5 Å². The molecule has 1 heterocycles. The van der Waals surface area contributed by atoms with Crippen molar-refractivity contribution in [3.63, 3.8) is 0 Å². The average molecular weight is 280 g/mol. The molecule has 2 rings (SSSR count). The maximum atomic E-state index is 13.4. The summed E-state index contributed by atoms with van der Waals surface area (Å²) in [5.74, 6) is 1.65. The fourth-order valence-corrected chi connectivity index (χ4v) is 3.28. The molecule has 0 aliphatic carbocycles. The van der Waals surface area contributed by atoms with Crippen LogP contribution in [0.5, 0.6) is 0 Å². The summed E-state index contributed by atoms with van der Waals surface area (Å²) in [6.45, 7) is 0.943. The first kappa shape index (κ1) is 12.5. The molecule has 1 aromatic carbocycles. The normalized spacial score (nSPS) is 21.8. The van der Waals surface area contributed by atoms with Crippen molar-refractivity contribution in [1.29, 1.82) is 0 Å². The maximum Gasteiger partial charge on any atom is 0.142 e. The molecule has 1 nitrogen and oxygen atoms in total. The summed E-state index contributed by atoms with van der Waals surface area (Å²) in [6.07, 6.45) is 1.13. The van der Waals surface area contributed by atoms with Gasteiger partial charge in [0.25, 0.3) is 0 Å². The second kappa shape index (κ2) is 5.58. The Balaban J connectivity index is 2.27. The number of rotatable bonds is 1. The summed E-state index contributed by atoms with van der Waals surface area (Å²) in [5, 5.41) is 3.98. The van der Waals surface area contributed by atoms with E-state index < -0.39 is 5.82 Å². The number of halogens is 3. The molecule has 0 saturated carbocycles. The molecule has 88 valence electrons. The second-order valence-electron chi connectivity index (χ2n) is 3.72. The van der Waals surface area contributed by atoms with Crippen LogP contribution in [0.1, 0.15) is 18.0 Å². The molecule has 1 fully saturated rings. The van der Waals surface area contributed by atoms with Crippen LogP contribution in [0.15, 0.2) is 12.1 Å². The molecule has 1 aliphatic heterocycles. The molecule has 0 spiro atoms. The van der Waals surface area contributed by atoms with E-state index in [1.165, 1.54) is 12.1 Å². The van der Waals surface area contributed by atoms with Gasteiger partial charge in [0.15, 0.2) is 0 Å². The first-order valence-corrected chi connectivity index (χ1v) is 7.05. The smallest absolute Gasteiger partial charge is 0.142 e. The van der Waals surface area contributed by atoms with Crippen LogP contribution in [0.2, 0.25) is 10.0 Å². The van der Waals surface area contributed by atoms with Crippen molar-refractivity contribution in [3.05, 3.63) is 33.6 Å². The van der Waals surface area contributed by atoms with Crippen LogP contribution in [0, 0.1) is 5.82 Å². The van der Waals surface area contributed by atoms with Crippen molar-refractivity contribution >= 4 is 35.0 Å². The minimum atomic E-state index is -0.405. The molecule has 1 aliphatic rings. The molecular formula is C11H12Cl2FNS. The predicted molar refractivity (Wildman–Crippen MR) is 69.1 cm³/mol. The van der Waals surface area contributed by atoms with Gasteiger partial charge in [0.2, 0.25) is 0 Å². The Morgan fingerprint density at radius 3 is 2.94 bits per heavy atom. The minimum Gasteiger partial charge on any atom is -0.309 e. The van der Waals surface area contributed by atoms with Gasteiger partial charge in [-0.15, -0.1) is 0 Å². The highest BCUT2D eigenvalue weighted by atomic mass is 35.5. The van der Waals surface area contributed by atoms with Crippen LogP contribution in [-0.2, 0) is 0 Å². The van der Waals surface area contributed by atoms with Gasteiger partial charge >= 0.3 is 0 Å². The fraction of sp³-hybridized carbons (Fsp3) is 0.455. The highest BCUT2D eigenvalue weighted by Gasteiger charge is 2.18. The SMILES string of the molecule is Fc1cc(C2CSCCCN2)c(Cl)cc1Cl. The lowest BCUT2D eigenvalue weighted by atomic mass is 10.1. The van der Waals surface area contributed by atoms with Crippen LogP contribution in [0.3, 0.4) is 0 Å². The van der Waals surface area contributed by atoms with Crippen molar-refractivity contribution < 1.29 is 4.39 Å². The van der Waals surface area contributed by atoms with E-state index in [-0.39, 0.29) is 11.1 Å². The molecule has 1 saturated heterocycles. The number of thioether (sulfide) groups is 1. The third-order valence-electron chi connectivity index (χ3n) is 2.56. The van der Waals surface area contributed by atoms with E-state index in [0.717, 1.165) is 30.0 Å². The molecule has 1 N–H and O–H groups in total. The van der Waals surface area contributed by atoms with E-state index >= 15 is 0 Å². The molecule has 0 aromatic heterocycles. The Morgan fingerprint density at radius 2 is 2.12 bits per heavy atom. The third-order valence-corrected chi connectivity index (χ3v) is 4.32. The summed E-state index contributed by atoms with van der Waals surface area (Å²) in [6, 6.07) is 3.03. The summed E-state index contributed by atoms with van der Waals surface area (Å²) >= 11 is 13.6. The van der Waals surface area contributed by atoms with Crippen LogP contribution >= 0.6 is 35.0 Å². The van der Waals surface area contributed by atoms with E-state index in [9.17, 15) is 4.39 Å². The Hall–Kier alpha value is 0.0400. The maximum absolute atomic E-state index is 13.4. The quantitative estimate of drug-likeness (QED) is 0.783. The summed E-state index contributed by atoms with van der Waals surface area (Å²) in [7, 11) is 0. The van der Waals surface area contributed by atoms with Crippen LogP contribution in [0.4, 0.5) is 4.39 Å². The Morgan fingerprint density at radius 1 is 1.31 bits per heavy atom. The lowest BCUT2D eigenvalue weighted by molar-refractivity contribution is 0.578. The summed E-state index contributed by atoms with van der Waals surface area (Å²) in [5.41, 5.74) is 0.804. The zero-order chi connectivity index (χ0) is 11.5. The Labute approximate surface area is 109 Å². The first-order chi connectivity index (χ1) is 7.68. The standard InChI is InChI=1S/C11H12Cl2FNS/c12-8-5-9(13)10(14)4-7(8)11-6-16-3-1-2-15-11/h4-5,11,15H,1-3,6H2. The van der Waals surface area contributed by atoms with Crippen molar-refractivity contribution in [2.24, 2.45) is 0 Å². The van der Waals surface area contributed by atoms with Crippen LogP contribution < -0.4 is 5.32 Å². The molecule has 1 atom stereocenters. The highest BCUT2D eigenvalue weighted by molar-refractivity contribution is 7.99. The second-order valence-corrected chi connectivity index (χ2v) is 5.69. The minimum absolute atomic E-state index is 0.0787. The van der Waals surface area contributed by atoms with E-state index in [1.54, 1.807) is 0 Å². The summed E-state index contributed by atoms with van der Waals surface area (Å²) in [4.78, 5) is 0. The first-order valence-electron chi connectivity index (χ1n) is 5.14. The van der Waals surface area contributed by atoms with Gasteiger partial charge in [0, 0.05) is 16.8 Å². The van der Waals surface area contributed by atoms with Crippen LogP contribution in [-0.4, -0.2) is 18.1 Å². The molecular weight excluding hydrogens is 268 g/mol. The molecule has 0 radical (unpaired) electrons. The van der Waals surface area contributed by atoms with Gasteiger partial charge in [-0.2, -0.15) is 11.8 Å². The van der Waals surface area contributed by atoms with Crippen molar-refractivity contribution in [2.75, 3.05) is 18.1 Å². The third kappa shape index (κ3) is 2.83. The van der Waals surface area contributed by atoms with Gasteiger partial charge in [-0.3, -0.25) is 0 Å². The molecule has 1 unspecified atom stereocenters. The van der Waals surface area contributed by atoms with Gasteiger partial charge in [-0.25, -0.2) is 4.39 Å². The summed E-state index contributed by atoms with van der Waals surface area (Å²) < 4.78 is 13.4. The largest absolute Gasteiger partial charge is 0.309 e. The Bertz CT molecular complexity index is 378. The topological polar surface area (TPSA) is 12.0 Å². The van der Waals surface area contributed by atoms with Gasteiger partial charge in [-0.1, -0.05) is 23.2 Å². The van der Waals surface area contributed by atoms with E-state index in [0.29, 0.717) is 5.02 Å². The molecule has 0 amide bonds. The van der Waals surface area contributed by atoms with E-state index in [4.69, 9.17) is 23.2 Å². The van der Waals surface area contributed by atoms with E-state index in [2.05, 4.69) is 5.32 Å². The monoisotopic (exact) mass is 279 g/mol. The highest BCUT2D eigenvalue weighted by Crippen LogP contribution is 2.31. The fourth-order valence-electron chi connectivity index (χ4n) is 1.72. The van der Waals surface area contributed by atoms with Gasteiger partial charge in [-0.05, 0) is 36.4 Å².